The monoisotopic (exact) mass is 314 g/mol. The number of para-hydroxylation sites is 1. The van der Waals surface area contributed by atoms with Crippen molar-refractivity contribution < 1.29 is 13.6 Å². The fraction of sp³-hybridized carbons (Fsp3) is 0.0714. The molecule has 0 fully saturated rings. The molecule has 1 N–H and O–H groups in total. The highest BCUT2D eigenvalue weighted by Crippen LogP contribution is 2.33. The molecule has 4 rings (SSSR count). The van der Waals surface area contributed by atoms with Crippen LogP contribution in [-0.2, 0) is 0 Å². The maximum absolute atomic E-state index is 5.49. The average Bonchev–Trinajstić information content (AvgIpc) is 3.26. The standard InChI is InChI=1S/C14H10N4O3S/c1-19-8-4-2-6-10-11(8)15-14(22-10)16-13-18-17-12(21-13)9-5-3-7-20-9/h2-7H,1H3,(H,15,16,18). The maximum Gasteiger partial charge on any atom is 0.322 e. The van der Waals surface area contributed by atoms with Crippen LogP contribution in [0.5, 0.6) is 5.75 Å². The molecule has 4 aromatic rings. The summed E-state index contributed by atoms with van der Waals surface area (Å²) in [6.07, 6.45) is 1.55. The third-order valence-electron chi connectivity index (χ3n) is 2.97. The van der Waals surface area contributed by atoms with Crippen LogP contribution >= 0.6 is 11.3 Å². The lowest BCUT2D eigenvalue weighted by molar-refractivity contribution is 0.419. The van der Waals surface area contributed by atoms with E-state index < -0.39 is 0 Å². The van der Waals surface area contributed by atoms with E-state index in [4.69, 9.17) is 13.6 Å². The van der Waals surface area contributed by atoms with Gasteiger partial charge < -0.3 is 13.6 Å². The van der Waals surface area contributed by atoms with Crippen LogP contribution in [0.15, 0.2) is 45.4 Å². The largest absolute Gasteiger partial charge is 0.494 e. The van der Waals surface area contributed by atoms with Crippen molar-refractivity contribution in [2.24, 2.45) is 0 Å². The predicted octanol–water partition coefficient (Wildman–Crippen LogP) is 3.69. The summed E-state index contributed by atoms with van der Waals surface area (Å²) in [7, 11) is 1.62. The maximum atomic E-state index is 5.49. The lowest BCUT2D eigenvalue weighted by Gasteiger charge is -1.98. The Morgan fingerprint density at radius 2 is 2.14 bits per heavy atom. The Hall–Kier alpha value is -2.87. The van der Waals surface area contributed by atoms with Gasteiger partial charge in [-0.25, -0.2) is 4.98 Å². The van der Waals surface area contributed by atoms with Crippen LogP contribution in [-0.4, -0.2) is 22.3 Å². The predicted molar refractivity (Wildman–Crippen MR) is 81.5 cm³/mol. The number of nitrogens with zero attached hydrogens (tertiary/aromatic N) is 3. The van der Waals surface area contributed by atoms with E-state index in [1.54, 1.807) is 25.5 Å². The number of anilines is 2. The molecule has 0 bridgehead atoms. The number of benzene rings is 1. The minimum atomic E-state index is 0.254. The molecule has 7 nitrogen and oxygen atoms in total. The van der Waals surface area contributed by atoms with Gasteiger partial charge in [0.1, 0.15) is 11.3 Å². The van der Waals surface area contributed by atoms with Gasteiger partial charge in [0, 0.05) is 0 Å². The molecule has 3 aromatic heterocycles. The van der Waals surface area contributed by atoms with Crippen LogP contribution in [0.25, 0.3) is 21.9 Å². The zero-order chi connectivity index (χ0) is 14.9. The molecule has 0 radical (unpaired) electrons. The molecule has 0 atom stereocenters. The molecule has 0 aliphatic carbocycles. The molecule has 0 spiro atoms. The van der Waals surface area contributed by atoms with Gasteiger partial charge in [0.25, 0.3) is 5.89 Å². The van der Waals surface area contributed by atoms with E-state index in [0.717, 1.165) is 16.0 Å². The zero-order valence-corrected chi connectivity index (χ0v) is 12.3. The Balaban J connectivity index is 1.64. The Morgan fingerprint density at radius 3 is 2.95 bits per heavy atom. The summed E-state index contributed by atoms with van der Waals surface area (Å²) in [5.74, 6) is 1.56. The highest BCUT2D eigenvalue weighted by atomic mass is 32.1. The highest BCUT2D eigenvalue weighted by Gasteiger charge is 2.13. The van der Waals surface area contributed by atoms with Crippen molar-refractivity contribution in [3.8, 4) is 17.4 Å². The van der Waals surface area contributed by atoms with E-state index in [-0.39, 0.29) is 6.01 Å². The van der Waals surface area contributed by atoms with Crippen molar-refractivity contribution in [3.05, 3.63) is 36.6 Å². The Morgan fingerprint density at radius 1 is 1.18 bits per heavy atom. The van der Waals surface area contributed by atoms with Crippen molar-refractivity contribution >= 4 is 32.7 Å². The quantitative estimate of drug-likeness (QED) is 0.614. The Bertz CT molecular complexity index is 913. The van der Waals surface area contributed by atoms with E-state index in [0.29, 0.717) is 16.8 Å². The van der Waals surface area contributed by atoms with E-state index in [2.05, 4.69) is 20.5 Å². The van der Waals surface area contributed by atoms with Crippen LogP contribution in [0.1, 0.15) is 0 Å². The number of ether oxygens (including phenoxy) is 1. The first-order valence-electron chi connectivity index (χ1n) is 6.41. The SMILES string of the molecule is COc1cccc2sc(Nc3nnc(-c4ccco4)o3)nc12. The van der Waals surface area contributed by atoms with Crippen molar-refractivity contribution in [1.29, 1.82) is 0 Å². The molecular formula is C14H10N4O3S. The minimum absolute atomic E-state index is 0.254. The van der Waals surface area contributed by atoms with E-state index in [9.17, 15) is 0 Å². The second-order valence-electron chi connectivity index (χ2n) is 4.34. The second kappa shape index (κ2) is 5.15. The Labute approximate surface area is 128 Å². The van der Waals surface area contributed by atoms with Gasteiger partial charge in [-0.3, -0.25) is 5.32 Å². The summed E-state index contributed by atoms with van der Waals surface area (Å²) in [4.78, 5) is 4.48. The first-order valence-corrected chi connectivity index (χ1v) is 7.23. The fourth-order valence-corrected chi connectivity index (χ4v) is 2.88. The van der Waals surface area contributed by atoms with Gasteiger partial charge >= 0.3 is 6.01 Å². The topological polar surface area (TPSA) is 86.2 Å². The summed E-state index contributed by atoms with van der Waals surface area (Å²) in [5, 5.41) is 11.5. The van der Waals surface area contributed by atoms with E-state index in [1.807, 2.05) is 18.2 Å². The molecule has 110 valence electrons. The van der Waals surface area contributed by atoms with E-state index >= 15 is 0 Å². The number of hydrogen-bond donors (Lipinski definition) is 1. The molecule has 1 aromatic carbocycles. The first kappa shape index (κ1) is 12.8. The van der Waals surface area contributed by atoms with Gasteiger partial charge in [0.05, 0.1) is 18.1 Å². The number of nitrogens with one attached hydrogen (secondary N) is 1. The second-order valence-corrected chi connectivity index (χ2v) is 5.37. The van der Waals surface area contributed by atoms with Crippen LogP contribution in [0.2, 0.25) is 0 Å². The lowest BCUT2D eigenvalue weighted by atomic mass is 10.3. The average molecular weight is 314 g/mol. The van der Waals surface area contributed by atoms with Crippen molar-refractivity contribution in [2.45, 2.75) is 0 Å². The lowest BCUT2D eigenvalue weighted by Crippen LogP contribution is -1.89. The third-order valence-corrected chi connectivity index (χ3v) is 3.91. The molecular weight excluding hydrogens is 304 g/mol. The molecule has 0 unspecified atom stereocenters. The van der Waals surface area contributed by atoms with E-state index in [1.165, 1.54) is 11.3 Å². The summed E-state index contributed by atoms with van der Waals surface area (Å²) in [6.45, 7) is 0. The Kier molecular flexibility index (Phi) is 3.01. The summed E-state index contributed by atoms with van der Waals surface area (Å²) < 4.78 is 17.0. The van der Waals surface area contributed by atoms with Crippen LogP contribution < -0.4 is 10.1 Å². The summed E-state index contributed by atoms with van der Waals surface area (Å²) in [6, 6.07) is 9.53. The summed E-state index contributed by atoms with van der Waals surface area (Å²) >= 11 is 1.47. The normalized spacial score (nSPS) is 11.0. The number of aromatic nitrogens is 3. The van der Waals surface area contributed by atoms with Gasteiger partial charge in [0.2, 0.25) is 0 Å². The number of thiazole rings is 1. The third kappa shape index (κ3) is 2.19. The van der Waals surface area contributed by atoms with Crippen molar-refractivity contribution in [3.63, 3.8) is 0 Å². The highest BCUT2D eigenvalue weighted by molar-refractivity contribution is 7.22. The smallest absolute Gasteiger partial charge is 0.322 e. The van der Waals surface area contributed by atoms with Gasteiger partial charge in [0.15, 0.2) is 10.9 Å². The van der Waals surface area contributed by atoms with Crippen molar-refractivity contribution in [1.82, 2.24) is 15.2 Å². The molecule has 0 amide bonds. The number of rotatable bonds is 4. The van der Waals surface area contributed by atoms with Crippen LogP contribution in [0.3, 0.4) is 0 Å². The molecule has 0 aliphatic heterocycles. The van der Waals surface area contributed by atoms with Crippen molar-refractivity contribution in [2.75, 3.05) is 12.4 Å². The first-order chi connectivity index (χ1) is 10.8. The summed E-state index contributed by atoms with van der Waals surface area (Å²) in [5.41, 5.74) is 0.795. The zero-order valence-electron chi connectivity index (χ0n) is 11.4. The number of hydrogen-bond acceptors (Lipinski definition) is 8. The molecule has 22 heavy (non-hydrogen) atoms. The van der Waals surface area contributed by atoms with Crippen LogP contribution in [0.4, 0.5) is 11.1 Å². The molecule has 3 heterocycles. The van der Waals surface area contributed by atoms with Gasteiger partial charge in [-0.1, -0.05) is 22.5 Å². The fourth-order valence-electron chi connectivity index (χ4n) is 2.01. The molecule has 0 saturated carbocycles. The molecule has 0 saturated heterocycles. The van der Waals surface area contributed by atoms with Crippen LogP contribution in [0, 0.1) is 0 Å². The minimum Gasteiger partial charge on any atom is -0.494 e. The van der Waals surface area contributed by atoms with Gasteiger partial charge in [-0.2, -0.15) is 0 Å². The number of fused-ring (bicyclic) bond motifs is 1. The molecule has 0 aliphatic rings. The number of furan rings is 1. The van der Waals surface area contributed by atoms with Gasteiger partial charge in [-0.15, -0.1) is 5.10 Å². The number of methoxy groups -OCH3 is 1. The molecule has 8 heteroatoms. The van der Waals surface area contributed by atoms with Gasteiger partial charge in [-0.05, 0) is 24.3 Å².